The number of fused-ring (bicyclic) bond motifs is 1. The highest BCUT2D eigenvalue weighted by atomic mass is 35.5. The van der Waals surface area contributed by atoms with Gasteiger partial charge in [0, 0.05) is 11.3 Å². The molecule has 0 radical (unpaired) electrons. The Balaban J connectivity index is 1.64. The Morgan fingerprint density at radius 3 is 2.62 bits per heavy atom. The Morgan fingerprint density at radius 2 is 1.81 bits per heavy atom. The normalized spacial score (nSPS) is 13.3. The van der Waals surface area contributed by atoms with E-state index < -0.39 is 0 Å². The van der Waals surface area contributed by atoms with Crippen molar-refractivity contribution in [3.63, 3.8) is 0 Å². The molecule has 0 fully saturated rings. The summed E-state index contributed by atoms with van der Waals surface area (Å²) in [6, 6.07) is 14.9. The number of benzene rings is 2. The predicted molar refractivity (Wildman–Crippen MR) is 101 cm³/mol. The molecule has 4 rings (SSSR count). The molecule has 0 amide bonds. The standard InChI is InChI=1S/C19H15ClN2O3S/c20-18-17(12-21-22(19(18)23)13-5-2-1-3-6-13)26-14-7-8-15-16(11-14)25-10-4-9-24-15/h1-3,5-8,11-12H,4,9-10H2. The monoisotopic (exact) mass is 386 g/mol. The molecule has 0 saturated heterocycles. The third-order valence-corrected chi connectivity index (χ3v) is 5.33. The molecular weight excluding hydrogens is 372 g/mol. The van der Waals surface area contributed by atoms with Crippen molar-refractivity contribution in [3.05, 3.63) is 70.1 Å². The van der Waals surface area contributed by atoms with E-state index in [4.69, 9.17) is 21.1 Å². The number of rotatable bonds is 3. The van der Waals surface area contributed by atoms with E-state index >= 15 is 0 Å². The van der Waals surface area contributed by atoms with Gasteiger partial charge in [0.2, 0.25) is 0 Å². The van der Waals surface area contributed by atoms with Crippen molar-refractivity contribution in [3.8, 4) is 17.2 Å². The van der Waals surface area contributed by atoms with Gasteiger partial charge in [0.05, 0.1) is 30.0 Å². The van der Waals surface area contributed by atoms with Crippen molar-refractivity contribution in [1.82, 2.24) is 9.78 Å². The molecule has 0 bridgehead atoms. The highest BCUT2D eigenvalue weighted by molar-refractivity contribution is 7.99. The van der Waals surface area contributed by atoms with Gasteiger partial charge in [-0.2, -0.15) is 9.78 Å². The van der Waals surface area contributed by atoms with Gasteiger partial charge >= 0.3 is 0 Å². The highest BCUT2D eigenvalue weighted by Crippen LogP contribution is 2.37. The van der Waals surface area contributed by atoms with Crippen LogP contribution in [-0.4, -0.2) is 23.0 Å². The van der Waals surface area contributed by atoms with E-state index in [1.165, 1.54) is 16.4 Å². The van der Waals surface area contributed by atoms with Crippen molar-refractivity contribution < 1.29 is 9.47 Å². The van der Waals surface area contributed by atoms with Crippen LogP contribution in [0.15, 0.2) is 69.3 Å². The number of hydrogen-bond donors (Lipinski definition) is 0. The van der Waals surface area contributed by atoms with Gasteiger partial charge in [0.1, 0.15) is 5.02 Å². The van der Waals surface area contributed by atoms with Crippen LogP contribution in [-0.2, 0) is 0 Å². The van der Waals surface area contributed by atoms with Gasteiger partial charge in [-0.15, -0.1) is 0 Å². The zero-order valence-electron chi connectivity index (χ0n) is 13.7. The van der Waals surface area contributed by atoms with Gasteiger partial charge in [-0.05, 0) is 30.3 Å². The average Bonchev–Trinajstić information content (AvgIpc) is 2.91. The van der Waals surface area contributed by atoms with Crippen LogP contribution in [0, 0.1) is 0 Å². The molecule has 1 aliphatic heterocycles. The Labute approximate surface area is 159 Å². The number of nitrogens with zero attached hydrogens (tertiary/aromatic N) is 2. The van der Waals surface area contributed by atoms with Gasteiger partial charge in [-0.25, -0.2) is 0 Å². The highest BCUT2D eigenvalue weighted by Gasteiger charge is 2.15. The molecule has 5 nitrogen and oxygen atoms in total. The van der Waals surface area contributed by atoms with E-state index in [0.29, 0.717) is 29.5 Å². The van der Waals surface area contributed by atoms with Crippen LogP contribution < -0.4 is 15.0 Å². The lowest BCUT2D eigenvalue weighted by molar-refractivity contribution is 0.297. The first-order chi connectivity index (χ1) is 12.7. The zero-order chi connectivity index (χ0) is 17.9. The Bertz CT molecular complexity index is 992. The summed E-state index contributed by atoms with van der Waals surface area (Å²) in [5, 5.41) is 4.39. The number of hydrogen-bond acceptors (Lipinski definition) is 5. The van der Waals surface area contributed by atoms with Crippen molar-refractivity contribution >= 4 is 23.4 Å². The van der Waals surface area contributed by atoms with E-state index in [0.717, 1.165) is 17.1 Å². The van der Waals surface area contributed by atoms with Crippen molar-refractivity contribution in [2.75, 3.05) is 13.2 Å². The molecule has 26 heavy (non-hydrogen) atoms. The molecule has 2 aromatic carbocycles. The first-order valence-electron chi connectivity index (χ1n) is 8.13. The molecule has 0 aliphatic carbocycles. The quantitative estimate of drug-likeness (QED) is 0.675. The summed E-state index contributed by atoms with van der Waals surface area (Å²) >= 11 is 7.69. The maximum Gasteiger partial charge on any atom is 0.291 e. The van der Waals surface area contributed by atoms with Crippen molar-refractivity contribution in [2.45, 2.75) is 16.2 Å². The van der Waals surface area contributed by atoms with E-state index in [1.807, 2.05) is 36.4 Å². The lowest BCUT2D eigenvalue weighted by atomic mass is 10.3. The summed E-state index contributed by atoms with van der Waals surface area (Å²) in [5.74, 6) is 1.43. The predicted octanol–water partition coefficient (Wildman–Crippen LogP) is 4.20. The van der Waals surface area contributed by atoms with E-state index in [1.54, 1.807) is 18.3 Å². The van der Waals surface area contributed by atoms with Gasteiger partial charge in [0.25, 0.3) is 5.56 Å². The van der Waals surface area contributed by atoms with E-state index in [2.05, 4.69) is 5.10 Å². The van der Waals surface area contributed by atoms with Crippen molar-refractivity contribution in [2.24, 2.45) is 0 Å². The topological polar surface area (TPSA) is 53.4 Å². The van der Waals surface area contributed by atoms with Gasteiger partial charge in [-0.3, -0.25) is 4.79 Å². The molecule has 1 aromatic heterocycles. The van der Waals surface area contributed by atoms with Crippen LogP contribution in [0.25, 0.3) is 5.69 Å². The lowest BCUT2D eigenvalue weighted by Crippen LogP contribution is -2.21. The summed E-state index contributed by atoms with van der Waals surface area (Å²) < 4.78 is 12.6. The maximum atomic E-state index is 12.6. The molecule has 0 N–H and O–H groups in total. The van der Waals surface area contributed by atoms with Crippen molar-refractivity contribution in [1.29, 1.82) is 0 Å². The minimum absolute atomic E-state index is 0.140. The number of aromatic nitrogens is 2. The number of halogens is 1. The number of para-hydroxylation sites is 1. The lowest BCUT2D eigenvalue weighted by Gasteiger charge is -2.10. The van der Waals surface area contributed by atoms with Crippen LogP contribution in [0.3, 0.4) is 0 Å². The van der Waals surface area contributed by atoms with E-state index in [9.17, 15) is 4.79 Å². The zero-order valence-corrected chi connectivity index (χ0v) is 15.3. The third-order valence-electron chi connectivity index (χ3n) is 3.83. The molecule has 0 saturated carbocycles. The van der Waals surface area contributed by atoms with Gasteiger partial charge in [-0.1, -0.05) is 41.6 Å². The fourth-order valence-corrected chi connectivity index (χ4v) is 3.65. The smallest absolute Gasteiger partial charge is 0.291 e. The van der Waals surface area contributed by atoms with Gasteiger partial charge in [0.15, 0.2) is 11.5 Å². The van der Waals surface area contributed by atoms with Gasteiger partial charge < -0.3 is 9.47 Å². The molecule has 0 atom stereocenters. The van der Waals surface area contributed by atoms with E-state index in [-0.39, 0.29) is 10.6 Å². The largest absolute Gasteiger partial charge is 0.490 e. The second kappa shape index (κ2) is 7.43. The summed E-state index contributed by atoms with van der Waals surface area (Å²) in [4.78, 5) is 14.1. The minimum Gasteiger partial charge on any atom is -0.490 e. The third kappa shape index (κ3) is 3.43. The van der Waals surface area contributed by atoms with Crippen LogP contribution in [0.5, 0.6) is 11.5 Å². The van der Waals surface area contributed by atoms with Crippen LogP contribution in [0.2, 0.25) is 5.02 Å². The molecule has 132 valence electrons. The number of ether oxygens (including phenoxy) is 2. The SMILES string of the molecule is O=c1c(Cl)c(Sc2ccc3c(c2)OCCCO3)cnn1-c1ccccc1. The van der Waals surface area contributed by atoms with Crippen LogP contribution in [0.1, 0.15) is 6.42 Å². The fourth-order valence-electron chi connectivity index (χ4n) is 2.58. The first kappa shape index (κ1) is 17.0. The summed E-state index contributed by atoms with van der Waals surface area (Å²) in [6.45, 7) is 1.27. The molecule has 0 unspecified atom stereocenters. The first-order valence-corrected chi connectivity index (χ1v) is 9.32. The molecule has 7 heteroatoms. The van der Waals surface area contributed by atoms with Crippen LogP contribution in [0.4, 0.5) is 0 Å². The Morgan fingerprint density at radius 1 is 1.04 bits per heavy atom. The fraction of sp³-hybridized carbons (Fsp3) is 0.158. The summed E-state index contributed by atoms with van der Waals surface area (Å²) in [7, 11) is 0. The minimum atomic E-state index is -0.350. The second-order valence-electron chi connectivity index (χ2n) is 5.64. The Kier molecular flexibility index (Phi) is 4.86. The molecule has 2 heterocycles. The molecule has 3 aromatic rings. The average molecular weight is 387 g/mol. The Hall–Kier alpha value is -2.44. The second-order valence-corrected chi connectivity index (χ2v) is 7.13. The maximum absolute atomic E-state index is 12.6. The van der Waals surface area contributed by atoms with Crippen LogP contribution >= 0.6 is 23.4 Å². The molecular formula is C19H15ClN2O3S. The molecule has 0 spiro atoms. The molecule has 1 aliphatic rings. The summed E-state index contributed by atoms with van der Waals surface area (Å²) in [6.07, 6.45) is 2.45. The summed E-state index contributed by atoms with van der Waals surface area (Å²) in [5.41, 5.74) is 0.323.